The second-order valence-corrected chi connectivity index (χ2v) is 13.8. The lowest BCUT2D eigenvalue weighted by molar-refractivity contribution is -0.123. The van der Waals surface area contributed by atoms with Crippen LogP contribution in [0.25, 0.3) is 22.4 Å². The quantitative estimate of drug-likeness (QED) is 0.135. The van der Waals surface area contributed by atoms with Crippen molar-refractivity contribution in [1.29, 1.82) is 0 Å². The van der Waals surface area contributed by atoms with Crippen molar-refractivity contribution in [3.63, 3.8) is 0 Å². The SMILES string of the molecule is O=C(Cn1nc(C(F)F)c2c1C(F)(F)CCC2(F)F)NC(Cc1cc(F)cc(F)c1)c1nc(-c2ccc3c(c2)C(=O)NC3)ccc1-c1ccc2c(c1)C(=O)NC2. The molecule has 0 bridgehead atoms. The Morgan fingerprint density at radius 3 is 2.02 bits per heavy atom. The number of nitrogens with one attached hydrogen (secondary N) is 3. The summed E-state index contributed by atoms with van der Waals surface area (Å²) in [7, 11) is 0. The summed E-state index contributed by atoms with van der Waals surface area (Å²) in [6, 6.07) is 14.5. The third-order valence-electron chi connectivity index (χ3n) is 10.1. The third-order valence-corrected chi connectivity index (χ3v) is 10.1. The number of amides is 3. The molecule has 0 fully saturated rings. The summed E-state index contributed by atoms with van der Waals surface area (Å²) < 4.78 is 117. The number of benzene rings is 3. The first-order chi connectivity index (χ1) is 26.6. The molecule has 2 aromatic heterocycles. The molecule has 3 aromatic carbocycles. The second-order valence-electron chi connectivity index (χ2n) is 13.8. The van der Waals surface area contributed by atoms with Crippen LogP contribution < -0.4 is 16.0 Å². The molecular formula is C39H28F8N6O3. The van der Waals surface area contributed by atoms with Gasteiger partial charge in [0.2, 0.25) is 5.91 Å². The average Bonchev–Trinajstić information content (AvgIpc) is 3.84. The number of rotatable bonds is 9. The fourth-order valence-corrected chi connectivity index (χ4v) is 7.49. The smallest absolute Gasteiger partial charge is 0.290 e. The molecule has 0 saturated carbocycles. The molecule has 288 valence electrons. The molecule has 1 atom stereocenters. The van der Waals surface area contributed by atoms with Gasteiger partial charge in [-0.05, 0) is 59.0 Å². The number of halogens is 8. The highest BCUT2D eigenvalue weighted by Gasteiger charge is 2.55. The van der Waals surface area contributed by atoms with Crippen molar-refractivity contribution in [3.8, 4) is 22.4 Å². The van der Waals surface area contributed by atoms with Crippen LogP contribution >= 0.6 is 0 Å². The highest BCUT2D eigenvalue weighted by Crippen LogP contribution is 2.52. The van der Waals surface area contributed by atoms with Gasteiger partial charge in [-0.25, -0.2) is 31.3 Å². The molecule has 17 heteroatoms. The molecule has 3 N–H and O–H groups in total. The molecule has 1 aliphatic carbocycles. The minimum atomic E-state index is -4.08. The molecule has 9 nitrogen and oxygen atoms in total. The van der Waals surface area contributed by atoms with Gasteiger partial charge in [0.05, 0.1) is 23.0 Å². The van der Waals surface area contributed by atoms with E-state index in [1.165, 1.54) is 0 Å². The Labute approximate surface area is 312 Å². The minimum Gasteiger partial charge on any atom is -0.348 e. The Bertz CT molecular complexity index is 2450. The van der Waals surface area contributed by atoms with Crippen molar-refractivity contribution in [1.82, 2.24) is 30.7 Å². The van der Waals surface area contributed by atoms with Crippen LogP contribution in [0.5, 0.6) is 0 Å². The summed E-state index contributed by atoms with van der Waals surface area (Å²) >= 11 is 0. The highest BCUT2D eigenvalue weighted by atomic mass is 19.3. The zero-order valence-corrected chi connectivity index (χ0v) is 28.8. The van der Waals surface area contributed by atoms with Gasteiger partial charge in [-0.15, -0.1) is 0 Å². The molecule has 0 spiro atoms. The number of carbonyl (C=O) groups excluding carboxylic acids is 3. The Balaban J connectivity index is 1.25. The second kappa shape index (κ2) is 13.6. The van der Waals surface area contributed by atoms with Crippen molar-refractivity contribution in [2.24, 2.45) is 0 Å². The van der Waals surface area contributed by atoms with Crippen LogP contribution in [-0.4, -0.2) is 32.5 Å². The highest BCUT2D eigenvalue weighted by molar-refractivity contribution is 6.00. The largest absolute Gasteiger partial charge is 0.348 e. The van der Waals surface area contributed by atoms with E-state index in [1.807, 2.05) is 0 Å². The third kappa shape index (κ3) is 6.64. The van der Waals surface area contributed by atoms with Gasteiger partial charge in [0.15, 0.2) is 0 Å². The predicted molar refractivity (Wildman–Crippen MR) is 183 cm³/mol. The zero-order valence-electron chi connectivity index (χ0n) is 28.8. The molecule has 56 heavy (non-hydrogen) atoms. The summed E-state index contributed by atoms with van der Waals surface area (Å²) in [6.45, 7) is -0.621. The maximum absolute atomic E-state index is 15.2. The molecule has 0 saturated heterocycles. The van der Waals surface area contributed by atoms with Crippen molar-refractivity contribution in [3.05, 3.63) is 129 Å². The first-order valence-corrected chi connectivity index (χ1v) is 17.3. The number of alkyl halides is 6. The lowest BCUT2D eigenvalue weighted by Gasteiger charge is -2.29. The van der Waals surface area contributed by atoms with Crippen LogP contribution in [-0.2, 0) is 42.7 Å². The molecule has 8 rings (SSSR count). The lowest BCUT2D eigenvalue weighted by Crippen LogP contribution is -2.37. The predicted octanol–water partition coefficient (Wildman–Crippen LogP) is 7.39. The van der Waals surface area contributed by atoms with Gasteiger partial charge in [0.25, 0.3) is 30.1 Å². The molecule has 3 aliphatic rings. The van der Waals surface area contributed by atoms with Gasteiger partial charge in [-0.2, -0.15) is 13.9 Å². The molecule has 3 amide bonds. The van der Waals surface area contributed by atoms with Crippen molar-refractivity contribution in [2.75, 3.05) is 0 Å². The van der Waals surface area contributed by atoms with Gasteiger partial charge >= 0.3 is 0 Å². The Kier molecular flexibility index (Phi) is 8.92. The van der Waals surface area contributed by atoms with Crippen LogP contribution in [0.15, 0.2) is 66.7 Å². The van der Waals surface area contributed by atoms with Crippen LogP contribution in [0.3, 0.4) is 0 Å². The first-order valence-electron chi connectivity index (χ1n) is 17.3. The molecule has 0 radical (unpaired) electrons. The fourth-order valence-electron chi connectivity index (χ4n) is 7.49. The number of hydrogen-bond donors (Lipinski definition) is 3. The molecule has 2 aliphatic heterocycles. The van der Waals surface area contributed by atoms with Crippen LogP contribution in [0.4, 0.5) is 35.1 Å². The number of aromatic nitrogens is 3. The standard InChI is InChI=1S/C39H28F8N6O3/c40-23-9-18(10-24(41)14-23)11-29(50-30(54)17-53-34-31(33(52-53)35(42)43)38(44,45)7-8-39(34,46)47)32-25(19-1-3-21-15-48-36(55)26(21)12-19)5-6-28(51-32)20-2-4-22-16-49-37(56)27(22)13-20/h1-6,9-10,12-14,29,35H,7-8,11,15-17H2,(H,48,55)(H,49,56)(H,50,54). The van der Waals surface area contributed by atoms with Crippen molar-refractivity contribution >= 4 is 17.7 Å². The van der Waals surface area contributed by atoms with E-state index in [4.69, 9.17) is 4.98 Å². The van der Waals surface area contributed by atoms with Crippen molar-refractivity contribution in [2.45, 2.75) is 63.2 Å². The maximum atomic E-state index is 15.2. The molecular weight excluding hydrogens is 752 g/mol. The number of carbonyl (C=O) groups is 3. The fraction of sp³-hybridized carbons (Fsp3) is 0.256. The van der Waals surface area contributed by atoms with E-state index in [2.05, 4.69) is 21.0 Å². The van der Waals surface area contributed by atoms with E-state index in [0.717, 1.165) is 17.7 Å². The Morgan fingerprint density at radius 1 is 0.768 bits per heavy atom. The monoisotopic (exact) mass is 780 g/mol. The number of nitrogens with zero attached hydrogens (tertiary/aromatic N) is 3. The minimum absolute atomic E-state index is 0.0103. The number of hydrogen-bond acceptors (Lipinski definition) is 5. The normalized spacial score (nSPS) is 16.9. The van der Waals surface area contributed by atoms with Gasteiger partial charge in [-0.1, -0.05) is 30.3 Å². The van der Waals surface area contributed by atoms with Gasteiger partial charge < -0.3 is 16.0 Å². The Hall–Kier alpha value is -6.13. The van der Waals surface area contributed by atoms with E-state index in [-0.39, 0.29) is 46.4 Å². The van der Waals surface area contributed by atoms with E-state index in [0.29, 0.717) is 46.0 Å². The van der Waals surface area contributed by atoms with E-state index in [1.54, 1.807) is 48.5 Å². The zero-order chi connectivity index (χ0) is 39.7. The summed E-state index contributed by atoms with van der Waals surface area (Å²) in [5, 5.41) is 11.4. The molecule has 5 aromatic rings. The summed E-state index contributed by atoms with van der Waals surface area (Å²) in [6.07, 6.45) is -6.85. The number of fused-ring (bicyclic) bond motifs is 3. The summed E-state index contributed by atoms with van der Waals surface area (Å²) in [5.74, 6) is -11.9. The van der Waals surface area contributed by atoms with E-state index in [9.17, 15) is 40.7 Å². The van der Waals surface area contributed by atoms with E-state index >= 15 is 8.78 Å². The molecule has 4 heterocycles. The van der Waals surface area contributed by atoms with Crippen LogP contribution in [0.1, 0.15) is 85.4 Å². The summed E-state index contributed by atoms with van der Waals surface area (Å²) in [5.41, 5.74) is -0.981. The lowest BCUT2D eigenvalue weighted by atomic mass is 9.89. The van der Waals surface area contributed by atoms with Crippen LogP contribution in [0, 0.1) is 11.6 Å². The first kappa shape index (κ1) is 36.8. The van der Waals surface area contributed by atoms with Crippen molar-refractivity contribution < 1.29 is 49.5 Å². The number of pyridine rings is 1. The van der Waals surface area contributed by atoms with Gasteiger partial charge in [0.1, 0.15) is 29.6 Å². The summed E-state index contributed by atoms with van der Waals surface area (Å²) in [4.78, 5) is 43.8. The molecule has 1 unspecified atom stereocenters. The van der Waals surface area contributed by atoms with Gasteiger partial charge in [-0.3, -0.25) is 19.1 Å². The maximum Gasteiger partial charge on any atom is 0.290 e. The topological polar surface area (TPSA) is 118 Å². The van der Waals surface area contributed by atoms with E-state index < -0.39 is 78.2 Å². The van der Waals surface area contributed by atoms with Gasteiger partial charge in [0, 0.05) is 54.3 Å². The van der Waals surface area contributed by atoms with Crippen LogP contribution in [0.2, 0.25) is 0 Å². The average molecular weight is 781 g/mol. The Morgan fingerprint density at radius 2 is 1.38 bits per heavy atom.